The van der Waals surface area contributed by atoms with Gasteiger partial charge in [0.1, 0.15) is 5.69 Å². The van der Waals surface area contributed by atoms with Crippen LogP contribution >= 0.6 is 0 Å². The number of para-hydroxylation sites is 1. The number of aromatic amines is 1. The van der Waals surface area contributed by atoms with Crippen molar-refractivity contribution in [3.8, 4) is 0 Å². The molecule has 1 saturated heterocycles. The number of carbonyl (C=O) groups is 1. The molecule has 1 aromatic carbocycles. The smallest absolute Gasteiger partial charge is 0.274 e. The number of nitrogens with zero attached hydrogens (tertiary/aromatic N) is 3. The van der Waals surface area contributed by atoms with E-state index in [0.717, 1.165) is 32.4 Å². The van der Waals surface area contributed by atoms with Crippen molar-refractivity contribution in [1.82, 2.24) is 19.9 Å². The van der Waals surface area contributed by atoms with Crippen molar-refractivity contribution in [1.29, 1.82) is 0 Å². The molecular weight excluding hydrogens is 300 g/mol. The molecule has 4 rings (SSSR count). The molecule has 1 fully saturated rings. The number of benzene rings is 1. The third kappa shape index (κ3) is 2.89. The first-order valence-corrected chi connectivity index (χ1v) is 8.41. The summed E-state index contributed by atoms with van der Waals surface area (Å²) in [7, 11) is 0. The van der Waals surface area contributed by atoms with E-state index in [0.29, 0.717) is 11.6 Å². The van der Waals surface area contributed by atoms with Crippen LogP contribution in [0.3, 0.4) is 0 Å². The van der Waals surface area contributed by atoms with E-state index < -0.39 is 0 Å². The molecule has 0 unspecified atom stereocenters. The predicted molar refractivity (Wildman–Crippen MR) is 92.7 cm³/mol. The number of aromatic nitrogens is 3. The Morgan fingerprint density at radius 2 is 2.04 bits per heavy atom. The zero-order valence-corrected chi connectivity index (χ0v) is 13.5. The molecule has 1 amide bonds. The number of likely N-dealkylation sites (tertiary alicyclic amines) is 1. The van der Waals surface area contributed by atoms with Crippen LogP contribution in [0.5, 0.6) is 0 Å². The number of fused-ring (bicyclic) bond motifs is 1. The van der Waals surface area contributed by atoms with E-state index in [1.165, 1.54) is 16.5 Å². The molecule has 1 N–H and O–H groups in total. The molecule has 122 valence electrons. The van der Waals surface area contributed by atoms with E-state index in [2.05, 4.69) is 45.4 Å². The highest BCUT2D eigenvalue weighted by Crippen LogP contribution is 2.26. The van der Waals surface area contributed by atoms with Crippen molar-refractivity contribution in [2.45, 2.75) is 19.3 Å². The molecule has 0 spiro atoms. The number of piperidine rings is 1. The summed E-state index contributed by atoms with van der Waals surface area (Å²) in [6.07, 6.45) is 9.96. The van der Waals surface area contributed by atoms with E-state index in [-0.39, 0.29) is 5.91 Å². The lowest BCUT2D eigenvalue weighted by molar-refractivity contribution is 0.0684. The molecule has 3 aromatic rings. The minimum Gasteiger partial charge on any atom is -0.361 e. The maximum absolute atomic E-state index is 12.4. The summed E-state index contributed by atoms with van der Waals surface area (Å²) in [4.78, 5) is 25.8. The van der Waals surface area contributed by atoms with Crippen molar-refractivity contribution in [3.05, 3.63) is 60.3 Å². The summed E-state index contributed by atoms with van der Waals surface area (Å²) in [6.45, 7) is 1.59. The fourth-order valence-corrected chi connectivity index (χ4v) is 3.52. The third-order valence-electron chi connectivity index (χ3n) is 4.87. The highest BCUT2D eigenvalue weighted by atomic mass is 16.2. The average Bonchev–Trinajstić information content (AvgIpc) is 3.06. The van der Waals surface area contributed by atoms with Gasteiger partial charge in [-0.1, -0.05) is 18.2 Å². The number of rotatable bonds is 3. The van der Waals surface area contributed by atoms with Gasteiger partial charge in [-0.2, -0.15) is 0 Å². The normalized spacial score (nSPS) is 15.8. The Hall–Kier alpha value is -2.69. The zero-order valence-electron chi connectivity index (χ0n) is 13.5. The molecule has 24 heavy (non-hydrogen) atoms. The summed E-state index contributed by atoms with van der Waals surface area (Å²) in [5, 5.41) is 1.32. The molecule has 1 aliphatic rings. The van der Waals surface area contributed by atoms with Crippen LogP contribution in [0.4, 0.5) is 0 Å². The first-order valence-electron chi connectivity index (χ1n) is 8.41. The summed E-state index contributed by atoms with van der Waals surface area (Å²) in [6, 6.07) is 8.43. The van der Waals surface area contributed by atoms with Gasteiger partial charge in [-0.15, -0.1) is 0 Å². The van der Waals surface area contributed by atoms with Gasteiger partial charge in [0.25, 0.3) is 5.91 Å². The predicted octanol–water partition coefficient (Wildman–Crippen LogP) is 3.05. The molecule has 0 saturated carbocycles. The highest BCUT2D eigenvalue weighted by Gasteiger charge is 2.25. The lowest BCUT2D eigenvalue weighted by atomic mass is 9.90. The number of carbonyl (C=O) groups excluding carboxylic acids is 1. The van der Waals surface area contributed by atoms with Crippen LogP contribution in [-0.4, -0.2) is 38.8 Å². The Kier molecular flexibility index (Phi) is 3.99. The largest absolute Gasteiger partial charge is 0.361 e. The Morgan fingerprint density at radius 1 is 1.21 bits per heavy atom. The van der Waals surface area contributed by atoms with Crippen LogP contribution in [0.1, 0.15) is 28.9 Å². The SMILES string of the molecule is O=C(c1cnccn1)N1CCC(Cc2c[nH]c3ccccc23)CC1. The summed E-state index contributed by atoms with van der Waals surface area (Å²) >= 11 is 0. The number of nitrogens with one attached hydrogen (secondary N) is 1. The van der Waals surface area contributed by atoms with Gasteiger partial charge in [0, 0.05) is 42.6 Å². The van der Waals surface area contributed by atoms with E-state index in [9.17, 15) is 4.79 Å². The van der Waals surface area contributed by atoms with Gasteiger partial charge < -0.3 is 9.88 Å². The Morgan fingerprint density at radius 3 is 2.83 bits per heavy atom. The number of hydrogen-bond donors (Lipinski definition) is 1. The van der Waals surface area contributed by atoms with Crippen molar-refractivity contribution >= 4 is 16.8 Å². The maximum Gasteiger partial charge on any atom is 0.274 e. The Labute approximate surface area is 140 Å². The van der Waals surface area contributed by atoms with Gasteiger partial charge in [-0.3, -0.25) is 9.78 Å². The number of hydrogen-bond acceptors (Lipinski definition) is 3. The highest BCUT2D eigenvalue weighted by molar-refractivity contribution is 5.92. The van der Waals surface area contributed by atoms with Crippen LogP contribution in [0.15, 0.2) is 49.1 Å². The van der Waals surface area contributed by atoms with E-state index in [4.69, 9.17) is 0 Å². The minimum absolute atomic E-state index is 0.00588. The minimum atomic E-state index is -0.00588. The summed E-state index contributed by atoms with van der Waals surface area (Å²) < 4.78 is 0. The van der Waals surface area contributed by atoms with Crippen molar-refractivity contribution < 1.29 is 4.79 Å². The standard InChI is InChI=1S/C19H20N4O/c24-19(18-13-20-7-8-21-18)23-9-5-14(6-10-23)11-15-12-22-17-4-2-1-3-16(15)17/h1-4,7-8,12-14,22H,5-6,9-11H2. The summed E-state index contributed by atoms with van der Waals surface area (Å²) in [5.74, 6) is 0.615. The fraction of sp³-hybridized carbons (Fsp3) is 0.316. The van der Waals surface area contributed by atoms with E-state index in [1.807, 2.05) is 4.90 Å². The lowest BCUT2D eigenvalue weighted by Gasteiger charge is -2.31. The molecule has 5 nitrogen and oxygen atoms in total. The van der Waals surface area contributed by atoms with Gasteiger partial charge in [0.15, 0.2) is 0 Å². The van der Waals surface area contributed by atoms with Crippen LogP contribution in [0, 0.1) is 5.92 Å². The van der Waals surface area contributed by atoms with Gasteiger partial charge >= 0.3 is 0 Å². The Bertz CT molecular complexity index is 835. The first-order chi connectivity index (χ1) is 11.8. The molecule has 0 radical (unpaired) electrons. The molecular formula is C19H20N4O. The summed E-state index contributed by atoms with van der Waals surface area (Å²) in [5.41, 5.74) is 3.01. The molecule has 0 atom stereocenters. The number of amides is 1. The van der Waals surface area contributed by atoms with Gasteiger partial charge in [0.05, 0.1) is 6.20 Å². The topological polar surface area (TPSA) is 61.9 Å². The quantitative estimate of drug-likeness (QED) is 0.807. The number of H-pyrrole nitrogens is 1. The fourth-order valence-electron chi connectivity index (χ4n) is 3.52. The van der Waals surface area contributed by atoms with E-state index >= 15 is 0 Å². The van der Waals surface area contributed by atoms with Crippen LogP contribution in [0.25, 0.3) is 10.9 Å². The van der Waals surface area contributed by atoms with Gasteiger partial charge in [0.2, 0.25) is 0 Å². The molecule has 1 aliphatic heterocycles. The Balaban J connectivity index is 1.39. The monoisotopic (exact) mass is 320 g/mol. The maximum atomic E-state index is 12.4. The second-order valence-electron chi connectivity index (χ2n) is 6.39. The second kappa shape index (κ2) is 6.43. The van der Waals surface area contributed by atoms with Crippen molar-refractivity contribution in [3.63, 3.8) is 0 Å². The second-order valence-corrected chi connectivity index (χ2v) is 6.39. The molecule has 0 aliphatic carbocycles. The zero-order chi connectivity index (χ0) is 16.4. The van der Waals surface area contributed by atoms with Crippen molar-refractivity contribution in [2.75, 3.05) is 13.1 Å². The molecule has 3 heterocycles. The molecule has 0 bridgehead atoms. The first kappa shape index (κ1) is 14.9. The van der Waals surface area contributed by atoms with Gasteiger partial charge in [-0.25, -0.2) is 4.98 Å². The van der Waals surface area contributed by atoms with Crippen molar-refractivity contribution in [2.24, 2.45) is 5.92 Å². The lowest BCUT2D eigenvalue weighted by Crippen LogP contribution is -2.39. The van der Waals surface area contributed by atoms with Crippen LogP contribution < -0.4 is 0 Å². The average molecular weight is 320 g/mol. The molecule has 2 aromatic heterocycles. The van der Waals surface area contributed by atoms with Crippen LogP contribution in [-0.2, 0) is 6.42 Å². The van der Waals surface area contributed by atoms with Gasteiger partial charge in [-0.05, 0) is 36.8 Å². The third-order valence-corrected chi connectivity index (χ3v) is 4.87. The van der Waals surface area contributed by atoms with E-state index in [1.54, 1.807) is 18.6 Å². The van der Waals surface area contributed by atoms with Crippen LogP contribution in [0.2, 0.25) is 0 Å². The molecule has 5 heteroatoms.